The molecule has 0 fully saturated rings. The van der Waals surface area contributed by atoms with Gasteiger partial charge in [0, 0.05) is 0 Å². The lowest BCUT2D eigenvalue weighted by molar-refractivity contribution is 0.561. The highest BCUT2D eigenvalue weighted by Gasteiger charge is 2.10. The van der Waals surface area contributed by atoms with Crippen molar-refractivity contribution in [3.63, 3.8) is 0 Å². The molecule has 0 radical (unpaired) electrons. The Kier molecular flexibility index (Phi) is 21.3. The summed E-state index contributed by atoms with van der Waals surface area (Å²) in [6.45, 7) is 4.61. The Morgan fingerprint density at radius 2 is 0.556 bits per heavy atom. The number of rotatable bonds is 22. The minimum absolute atomic E-state index is 0.297. The molecule has 0 aliphatic carbocycles. The van der Waals surface area contributed by atoms with E-state index in [1.54, 1.807) is 0 Å². The minimum atomic E-state index is -0.297. The van der Waals surface area contributed by atoms with Crippen molar-refractivity contribution in [2.75, 3.05) is 24.0 Å². The summed E-state index contributed by atoms with van der Waals surface area (Å²) >= 11 is 0. The smallest absolute Gasteiger partial charge is 0.0233 e. The van der Waals surface area contributed by atoms with E-state index in [-0.39, 0.29) is 10.0 Å². The predicted octanol–water partition coefficient (Wildman–Crippen LogP) is 9.89. The van der Waals surface area contributed by atoms with E-state index in [1.165, 1.54) is 140 Å². The molecular weight excluding hydrogens is 344 g/mol. The summed E-state index contributed by atoms with van der Waals surface area (Å²) in [6, 6.07) is 0. The standard InChI is InChI=1S/C26H56S/c1-5-7-9-11-13-15-17-19-21-23-25-27(3,4)26-24-22-20-18-16-14-12-10-8-6-2/h5-26H2,1-4H3. The Bertz CT molecular complexity index is 245. The quantitative estimate of drug-likeness (QED) is 0.159. The Hall–Kier alpha value is 0.350. The van der Waals surface area contributed by atoms with Gasteiger partial charge in [-0.1, -0.05) is 129 Å². The van der Waals surface area contributed by atoms with Gasteiger partial charge in [0.2, 0.25) is 0 Å². The number of unbranched alkanes of at least 4 members (excludes halogenated alkanes) is 18. The molecule has 0 aromatic rings. The zero-order valence-corrected chi connectivity index (χ0v) is 20.8. The van der Waals surface area contributed by atoms with Crippen molar-refractivity contribution in [2.45, 2.75) is 142 Å². The molecule has 0 aromatic heterocycles. The largest absolute Gasteiger partial charge is 0.247 e. The van der Waals surface area contributed by atoms with Gasteiger partial charge in [0.05, 0.1) is 0 Å². The van der Waals surface area contributed by atoms with Crippen molar-refractivity contribution >= 4 is 10.0 Å². The molecule has 0 heterocycles. The maximum atomic E-state index is 2.59. The van der Waals surface area contributed by atoms with Gasteiger partial charge in [-0.2, -0.15) is 0 Å². The molecule has 0 N–H and O–H groups in total. The van der Waals surface area contributed by atoms with Crippen LogP contribution >= 0.6 is 10.0 Å². The van der Waals surface area contributed by atoms with E-state index in [9.17, 15) is 0 Å². The summed E-state index contributed by atoms with van der Waals surface area (Å²) in [5.41, 5.74) is 0. The van der Waals surface area contributed by atoms with Crippen LogP contribution in [0.15, 0.2) is 0 Å². The van der Waals surface area contributed by atoms with Crippen molar-refractivity contribution in [3.8, 4) is 0 Å². The minimum Gasteiger partial charge on any atom is -0.247 e. The Balaban J connectivity index is 3.31. The molecule has 0 aliphatic heterocycles. The lowest BCUT2D eigenvalue weighted by Crippen LogP contribution is -2.06. The molecular formula is C26H56S. The van der Waals surface area contributed by atoms with Gasteiger partial charge in [0.1, 0.15) is 0 Å². The maximum Gasteiger partial charge on any atom is -0.0233 e. The SMILES string of the molecule is CCCCCCCCCCCCS(C)(C)CCCCCCCCCCCC. The second-order valence-corrected chi connectivity index (χ2v) is 13.9. The second-order valence-electron chi connectivity index (χ2n) is 9.54. The Labute approximate surface area is 176 Å². The molecule has 0 saturated carbocycles. The van der Waals surface area contributed by atoms with Crippen LogP contribution in [0.5, 0.6) is 0 Å². The summed E-state index contributed by atoms with van der Waals surface area (Å²) < 4.78 is 0. The van der Waals surface area contributed by atoms with Crippen LogP contribution in [-0.2, 0) is 0 Å². The molecule has 0 rings (SSSR count). The molecule has 0 unspecified atom stereocenters. The van der Waals surface area contributed by atoms with Crippen LogP contribution in [0.2, 0.25) is 0 Å². The topological polar surface area (TPSA) is 0 Å². The first-order valence-electron chi connectivity index (χ1n) is 12.8. The third-order valence-corrected chi connectivity index (χ3v) is 8.89. The van der Waals surface area contributed by atoms with Crippen LogP contribution in [0, 0.1) is 0 Å². The zero-order valence-electron chi connectivity index (χ0n) is 20.0. The molecule has 0 amide bonds. The van der Waals surface area contributed by atoms with Gasteiger partial charge in [-0.3, -0.25) is 0 Å². The molecule has 0 atom stereocenters. The van der Waals surface area contributed by atoms with E-state index in [1.807, 2.05) is 0 Å². The fraction of sp³-hybridized carbons (Fsp3) is 1.00. The van der Waals surface area contributed by atoms with Crippen molar-refractivity contribution < 1.29 is 0 Å². The van der Waals surface area contributed by atoms with Gasteiger partial charge in [-0.05, 0) is 36.9 Å². The third-order valence-electron chi connectivity index (χ3n) is 6.10. The molecule has 27 heavy (non-hydrogen) atoms. The van der Waals surface area contributed by atoms with Gasteiger partial charge in [-0.15, -0.1) is 0 Å². The summed E-state index contributed by atoms with van der Waals surface area (Å²) in [4.78, 5) is 0. The average Bonchev–Trinajstić information content (AvgIpc) is 2.64. The van der Waals surface area contributed by atoms with E-state index in [4.69, 9.17) is 0 Å². The van der Waals surface area contributed by atoms with Crippen molar-refractivity contribution in [1.29, 1.82) is 0 Å². The van der Waals surface area contributed by atoms with Crippen LogP contribution in [0.1, 0.15) is 142 Å². The molecule has 0 saturated heterocycles. The van der Waals surface area contributed by atoms with Crippen LogP contribution in [0.25, 0.3) is 0 Å². The number of hydrogen-bond acceptors (Lipinski definition) is 0. The third kappa shape index (κ3) is 22.5. The molecule has 0 bridgehead atoms. The normalized spacial score (nSPS) is 12.6. The lowest BCUT2D eigenvalue weighted by atomic mass is 10.1. The van der Waals surface area contributed by atoms with Gasteiger partial charge in [0.15, 0.2) is 0 Å². The summed E-state index contributed by atoms with van der Waals surface area (Å²) in [5, 5.41) is 0. The summed E-state index contributed by atoms with van der Waals surface area (Å²) in [5.74, 6) is 3.06. The number of hydrogen-bond donors (Lipinski definition) is 0. The maximum absolute atomic E-state index is 2.59. The Morgan fingerprint density at radius 3 is 0.815 bits per heavy atom. The second kappa shape index (κ2) is 21.1. The van der Waals surface area contributed by atoms with Crippen molar-refractivity contribution in [3.05, 3.63) is 0 Å². The first-order chi connectivity index (χ1) is 13.1. The summed E-state index contributed by atoms with van der Waals surface area (Å²) in [7, 11) is -0.297. The van der Waals surface area contributed by atoms with E-state index in [0.29, 0.717) is 0 Å². The van der Waals surface area contributed by atoms with Gasteiger partial charge < -0.3 is 0 Å². The average molecular weight is 401 g/mol. The molecule has 1 heteroatoms. The van der Waals surface area contributed by atoms with Crippen molar-refractivity contribution in [1.82, 2.24) is 0 Å². The fourth-order valence-corrected chi connectivity index (χ4v) is 6.24. The monoisotopic (exact) mass is 400 g/mol. The van der Waals surface area contributed by atoms with Gasteiger partial charge >= 0.3 is 0 Å². The highest BCUT2D eigenvalue weighted by Crippen LogP contribution is 2.41. The zero-order chi connectivity index (χ0) is 20.1. The molecule has 0 nitrogen and oxygen atoms in total. The van der Waals surface area contributed by atoms with Crippen LogP contribution in [0.3, 0.4) is 0 Å². The fourth-order valence-electron chi connectivity index (χ4n) is 4.06. The molecule has 0 aliphatic rings. The highest BCUT2D eigenvalue weighted by atomic mass is 32.3. The molecule has 0 aromatic carbocycles. The van der Waals surface area contributed by atoms with Crippen LogP contribution in [0.4, 0.5) is 0 Å². The van der Waals surface area contributed by atoms with E-state index >= 15 is 0 Å². The Morgan fingerprint density at radius 1 is 0.333 bits per heavy atom. The van der Waals surface area contributed by atoms with Gasteiger partial charge in [0.25, 0.3) is 0 Å². The predicted molar refractivity (Wildman–Crippen MR) is 133 cm³/mol. The highest BCUT2D eigenvalue weighted by molar-refractivity contribution is 8.32. The molecule has 0 spiro atoms. The van der Waals surface area contributed by atoms with Crippen LogP contribution < -0.4 is 0 Å². The van der Waals surface area contributed by atoms with E-state index < -0.39 is 0 Å². The first kappa shape index (κ1) is 27.4. The van der Waals surface area contributed by atoms with Crippen molar-refractivity contribution in [2.24, 2.45) is 0 Å². The lowest BCUT2D eigenvalue weighted by Gasteiger charge is -2.31. The summed E-state index contributed by atoms with van der Waals surface area (Å²) in [6.07, 6.45) is 34.5. The van der Waals surface area contributed by atoms with Gasteiger partial charge in [-0.25, -0.2) is 10.0 Å². The van der Waals surface area contributed by atoms with E-state index in [0.717, 1.165) is 0 Å². The van der Waals surface area contributed by atoms with E-state index in [2.05, 4.69) is 26.4 Å². The van der Waals surface area contributed by atoms with Crippen LogP contribution in [-0.4, -0.2) is 24.0 Å². The molecule has 166 valence electrons. The first-order valence-corrected chi connectivity index (χ1v) is 15.6.